The molecule has 2 N–H and O–H groups in total. The Bertz CT molecular complexity index is 463. The third-order valence-electron chi connectivity index (χ3n) is 4.51. The van der Waals surface area contributed by atoms with Gasteiger partial charge in [-0.2, -0.15) is 0 Å². The highest BCUT2D eigenvalue weighted by Crippen LogP contribution is 2.23. The summed E-state index contributed by atoms with van der Waals surface area (Å²) in [7, 11) is 0. The summed E-state index contributed by atoms with van der Waals surface area (Å²) in [5, 5.41) is 6.49. The van der Waals surface area contributed by atoms with E-state index in [9.17, 15) is 4.79 Å². The summed E-state index contributed by atoms with van der Waals surface area (Å²) < 4.78 is 0. The third kappa shape index (κ3) is 3.69. The fourth-order valence-corrected chi connectivity index (χ4v) is 3.29. The molecule has 114 valence electrons. The van der Waals surface area contributed by atoms with Gasteiger partial charge in [0.1, 0.15) is 0 Å². The molecule has 1 aromatic carbocycles. The van der Waals surface area contributed by atoms with Crippen molar-refractivity contribution < 1.29 is 4.79 Å². The molecule has 1 aliphatic carbocycles. The quantitative estimate of drug-likeness (QED) is 0.889. The average molecular weight is 287 g/mol. The molecule has 1 aliphatic heterocycles. The molecular formula is C17H25N3O. The lowest BCUT2D eigenvalue weighted by Crippen LogP contribution is -2.27. The molecule has 4 heteroatoms. The van der Waals surface area contributed by atoms with E-state index in [0.29, 0.717) is 6.04 Å². The minimum atomic E-state index is 0.00993. The van der Waals surface area contributed by atoms with Crippen LogP contribution in [-0.2, 0) is 0 Å². The zero-order valence-electron chi connectivity index (χ0n) is 12.6. The van der Waals surface area contributed by atoms with Gasteiger partial charge in [0, 0.05) is 30.5 Å². The van der Waals surface area contributed by atoms with E-state index in [1.165, 1.54) is 50.6 Å². The molecular weight excluding hydrogens is 262 g/mol. The summed E-state index contributed by atoms with van der Waals surface area (Å²) >= 11 is 0. The predicted octanol–water partition coefficient (Wildman–Crippen LogP) is 3.74. The molecule has 2 fully saturated rings. The molecule has 1 saturated heterocycles. The predicted molar refractivity (Wildman–Crippen MR) is 86.9 cm³/mol. The van der Waals surface area contributed by atoms with Gasteiger partial charge in [0.25, 0.3) is 0 Å². The van der Waals surface area contributed by atoms with Crippen LogP contribution in [-0.4, -0.2) is 25.2 Å². The highest BCUT2D eigenvalue weighted by molar-refractivity contribution is 5.94. The fraction of sp³-hybridized carbons (Fsp3) is 0.588. The molecule has 2 aliphatic rings. The Morgan fingerprint density at radius 3 is 2.29 bits per heavy atom. The van der Waals surface area contributed by atoms with Crippen LogP contribution in [0.25, 0.3) is 0 Å². The van der Waals surface area contributed by atoms with E-state index in [-0.39, 0.29) is 6.03 Å². The van der Waals surface area contributed by atoms with Gasteiger partial charge in [0.05, 0.1) is 0 Å². The topological polar surface area (TPSA) is 44.4 Å². The maximum absolute atomic E-state index is 11.6. The van der Waals surface area contributed by atoms with Crippen molar-refractivity contribution in [1.82, 2.24) is 5.32 Å². The average Bonchev–Trinajstić information content (AvgIpc) is 2.89. The van der Waals surface area contributed by atoms with Crippen molar-refractivity contribution in [2.45, 2.75) is 51.0 Å². The summed E-state index contributed by atoms with van der Waals surface area (Å²) in [6.07, 6.45) is 9.38. The molecule has 2 amide bonds. The largest absolute Gasteiger partial charge is 0.382 e. The van der Waals surface area contributed by atoms with E-state index < -0.39 is 0 Å². The van der Waals surface area contributed by atoms with Crippen molar-refractivity contribution >= 4 is 17.4 Å². The number of amides is 2. The number of nitrogens with one attached hydrogen (secondary N) is 2. The Hall–Kier alpha value is -1.71. The number of rotatable bonds is 3. The molecule has 0 unspecified atom stereocenters. The first-order valence-corrected chi connectivity index (χ1v) is 8.25. The number of carbonyl (C=O) groups excluding carboxylic acids is 1. The van der Waals surface area contributed by atoms with Crippen LogP contribution in [0.4, 0.5) is 16.2 Å². The number of urea groups is 1. The molecule has 0 spiro atoms. The summed E-state index contributed by atoms with van der Waals surface area (Å²) in [4.78, 5) is 13.4. The maximum atomic E-state index is 11.6. The zero-order valence-corrected chi connectivity index (χ0v) is 12.6. The monoisotopic (exact) mass is 287 g/mol. The minimum Gasteiger partial charge on any atom is -0.382 e. The van der Waals surface area contributed by atoms with Crippen LogP contribution in [0.15, 0.2) is 24.3 Å². The highest BCUT2D eigenvalue weighted by Gasteiger charge is 2.20. The normalized spacial score (nSPS) is 20.8. The Kier molecular flexibility index (Phi) is 4.63. The second-order valence-corrected chi connectivity index (χ2v) is 6.12. The molecule has 0 bridgehead atoms. The summed E-state index contributed by atoms with van der Waals surface area (Å²) in [5.41, 5.74) is 2.15. The molecule has 1 saturated carbocycles. The van der Waals surface area contributed by atoms with Gasteiger partial charge in [-0.25, -0.2) is 4.79 Å². The lowest BCUT2D eigenvalue weighted by atomic mass is 9.96. The van der Waals surface area contributed by atoms with E-state index in [4.69, 9.17) is 0 Å². The molecule has 4 nitrogen and oxygen atoms in total. The number of carbonyl (C=O) groups is 1. The van der Waals surface area contributed by atoms with Crippen molar-refractivity contribution in [3.63, 3.8) is 0 Å². The Balaban J connectivity index is 1.59. The molecule has 3 rings (SSSR count). The van der Waals surface area contributed by atoms with E-state index in [0.717, 1.165) is 18.8 Å². The Labute approximate surface area is 126 Å². The zero-order chi connectivity index (χ0) is 14.5. The second kappa shape index (κ2) is 6.83. The lowest BCUT2D eigenvalue weighted by Gasteiger charge is -2.22. The van der Waals surface area contributed by atoms with Crippen LogP contribution < -0.4 is 15.5 Å². The van der Waals surface area contributed by atoms with Gasteiger partial charge >= 0.3 is 6.03 Å². The smallest absolute Gasteiger partial charge is 0.321 e. The molecule has 1 heterocycles. The van der Waals surface area contributed by atoms with Crippen LogP contribution in [0.3, 0.4) is 0 Å². The van der Waals surface area contributed by atoms with Gasteiger partial charge in [-0.1, -0.05) is 32.1 Å². The van der Waals surface area contributed by atoms with Gasteiger partial charge in [0.15, 0.2) is 0 Å². The van der Waals surface area contributed by atoms with Gasteiger partial charge in [0.2, 0.25) is 0 Å². The van der Waals surface area contributed by atoms with Crippen LogP contribution in [0.1, 0.15) is 44.9 Å². The Morgan fingerprint density at radius 2 is 1.67 bits per heavy atom. The molecule has 21 heavy (non-hydrogen) atoms. The van der Waals surface area contributed by atoms with Gasteiger partial charge in [-0.15, -0.1) is 0 Å². The number of hydrogen-bond donors (Lipinski definition) is 2. The third-order valence-corrected chi connectivity index (χ3v) is 4.51. The van der Waals surface area contributed by atoms with Gasteiger partial charge < -0.3 is 10.6 Å². The first-order valence-electron chi connectivity index (χ1n) is 8.25. The van der Waals surface area contributed by atoms with Gasteiger partial charge in [-0.3, -0.25) is 4.90 Å². The van der Waals surface area contributed by atoms with Crippen molar-refractivity contribution in [2.24, 2.45) is 0 Å². The summed E-state index contributed by atoms with van der Waals surface area (Å²) in [6.45, 7) is 1.50. The molecule has 0 radical (unpaired) electrons. The van der Waals surface area contributed by atoms with Crippen LogP contribution >= 0.6 is 0 Å². The number of benzene rings is 1. The minimum absolute atomic E-state index is 0.00993. The number of hydrogen-bond acceptors (Lipinski definition) is 2. The Morgan fingerprint density at radius 1 is 1.00 bits per heavy atom. The lowest BCUT2D eigenvalue weighted by molar-refractivity contribution is 0.252. The van der Waals surface area contributed by atoms with Crippen molar-refractivity contribution in [1.29, 1.82) is 0 Å². The van der Waals surface area contributed by atoms with Crippen molar-refractivity contribution in [3.8, 4) is 0 Å². The fourth-order valence-electron chi connectivity index (χ4n) is 3.29. The summed E-state index contributed by atoms with van der Waals surface area (Å²) in [6, 6.07) is 8.88. The number of anilines is 2. The van der Waals surface area contributed by atoms with E-state index >= 15 is 0 Å². The first kappa shape index (κ1) is 14.2. The first-order chi connectivity index (χ1) is 10.3. The summed E-state index contributed by atoms with van der Waals surface area (Å²) in [5.74, 6) is 0. The SMILES string of the molecule is O=C1NCCN1c1ccc(NC2CCCCCCC2)cc1. The van der Waals surface area contributed by atoms with E-state index in [1.54, 1.807) is 4.90 Å². The van der Waals surface area contributed by atoms with Crippen LogP contribution in [0.2, 0.25) is 0 Å². The number of nitrogens with zero attached hydrogens (tertiary/aromatic N) is 1. The van der Waals surface area contributed by atoms with E-state index in [1.807, 2.05) is 12.1 Å². The maximum Gasteiger partial charge on any atom is 0.321 e. The second-order valence-electron chi connectivity index (χ2n) is 6.12. The molecule has 0 aromatic heterocycles. The van der Waals surface area contributed by atoms with Crippen molar-refractivity contribution in [3.05, 3.63) is 24.3 Å². The van der Waals surface area contributed by atoms with E-state index in [2.05, 4.69) is 22.8 Å². The van der Waals surface area contributed by atoms with Crippen molar-refractivity contribution in [2.75, 3.05) is 23.3 Å². The standard InChI is InChI=1S/C17H25N3O/c21-17-18-12-13-20(17)16-10-8-15(9-11-16)19-14-6-4-2-1-3-5-7-14/h8-11,14,19H,1-7,12-13H2,(H,18,21). The van der Waals surface area contributed by atoms with Gasteiger partial charge in [-0.05, 0) is 37.1 Å². The van der Waals surface area contributed by atoms with Crippen LogP contribution in [0.5, 0.6) is 0 Å². The molecule has 0 atom stereocenters. The molecule has 1 aromatic rings. The van der Waals surface area contributed by atoms with Crippen LogP contribution in [0, 0.1) is 0 Å². The highest BCUT2D eigenvalue weighted by atomic mass is 16.2.